The van der Waals surface area contributed by atoms with Gasteiger partial charge in [0.25, 0.3) is 0 Å². The van der Waals surface area contributed by atoms with Crippen LogP contribution >= 0.6 is 0 Å². The van der Waals surface area contributed by atoms with Gasteiger partial charge in [0.05, 0.1) is 13.5 Å². The standard InChI is InChI=1S/C11H14O2.CH4/c1-3-9-4-6-10(7-5-9)8-11(12)13-2;/h4-7H,3,8H2,1-2H3;1H4/i8D;. The second-order valence-corrected chi connectivity index (χ2v) is 2.76. The van der Waals surface area contributed by atoms with Gasteiger partial charge < -0.3 is 4.74 Å². The molecule has 1 aromatic rings. The molecular formula is C12H18O2. The van der Waals surface area contributed by atoms with E-state index in [4.69, 9.17) is 1.37 Å². The lowest BCUT2D eigenvalue weighted by Gasteiger charge is -2.00. The third-order valence-corrected chi connectivity index (χ3v) is 1.87. The Hall–Kier alpha value is -1.31. The molecule has 1 atom stereocenters. The molecule has 0 aliphatic rings. The van der Waals surface area contributed by atoms with Crippen molar-refractivity contribution in [3.05, 3.63) is 35.4 Å². The third-order valence-electron chi connectivity index (χ3n) is 1.87. The van der Waals surface area contributed by atoms with Crippen molar-refractivity contribution in [3.8, 4) is 0 Å². The third kappa shape index (κ3) is 3.60. The van der Waals surface area contributed by atoms with Crippen molar-refractivity contribution < 1.29 is 10.9 Å². The molecule has 1 aromatic carbocycles. The maximum atomic E-state index is 11.1. The second kappa shape index (κ2) is 6.19. The first kappa shape index (κ1) is 10.8. The summed E-state index contributed by atoms with van der Waals surface area (Å²) in [7, 11) is 1.30. The van der Waals surface area contributed by atoms with E-state index < -0.39 is 12.4 Å². The van der Waals surface area contributed by atoms with Crippen LogP contribution in [0.15, 0.2) is 24.3 Å². The highest BCUT2D eigenvalue weighted by Gasteiger charge is 2.01. The molecule has 0 aliphatic carbocycles. The molecule has 0 fully saturated rings. The number of methoxy groups -OCH3 is 1. The van der Waals surface area contributed by atoms with Crippen molar-refractivity contribution in [3.63, 3.8) is 0 Å². The van der Waals surface area contributed by atoms with Crippen LogP contribution in [0.3, 0.4) is 0 Å². The maximum Gasteiger partial charge on any atom is 0.309 e. The molecule has 1 rings (SSSR count). The fraction of sp³-hybridized carbons (Fsp3) is 0.417. The van der Waals surface area contributed by atoms with E-state index in [9.17, 15) is 4.79 Å². The van der Waals surface area contributed by atoms with Gasteiger partial charge in [0.15, 0.2) is 0 Å². The molecule has 0 heterocycles. The normalized spacial score (nSPS) is 12.3. The van der Waals surface area contributed by atoms with Crippen molar-refractivity contribution >= 4 is 5.97 Å². The molecule has 0 aromatic heterocycles. The minimum absolute atomic E-state index is 0. The summed E-state index contributed by atoms with van der Waals surface area (Å²) in [6.07, 6.45) is 0.0344. The molecule has 0 N–H and O–H groups in total. The fourth-order valence-corrected chi connectivity index (χ4v) is 1.04. The molecule has 1 unspecified atom stereocenters. The first-order chi connectivity index (χ1) is 6.69. The SMILES string of the molecule is C.[2H]C(C(=O)OC)c1ccc(CC)cc1. The Balaban J connectivity index is 0.00000196. The van der Waals surface area contributed by atoms with Gasteiger partial charge in [0, 0.05) is 1.37 Å². The lowest BCUT2D eigenvalue weighted by molar-refractivity contribution is -0.139. The molecule has 0 radical (unpaired) electrons. The van der Waals surface area contributed by atoms with E-state index in [1.165, 1.54) is 12.7 Å². The van der Waals surface area contributed by atoms with Crippen LogP contribution in [0.1, 0.15) is 26.8 Å². The molecule has 14 heavy (non-hydrogen) atoms. The topological polar surface area (TPSA) is 26.3 Å². The average Bonchev–Trinajstić information content (AvgIpc) is 2.27. The van der Waals surface area contributed by atoms with Gasteiger partial charge in [-0.3, -0.25) is 4.79 Å². The Morgan fingerprint density at radius 3 is 2.29 bits per heavy atom. The van der Waals surface area contributed by atoms with Crippen molar-refractivity contribution in [2.75, 3.05) is 7.11 Å². The van der Waals surface area contributed by atoms with Gasteiger partial charge in [-0.1, -0.05) is 38.6 Å². The fourth-order valence-electron chi connectivity index (χ4n) is 1.04. The Morgan fingerprint density at radius 1 is 1.36 bits per heavy atom. The highest BCUT2D eigenvalue weighted by atomic mass is 16.5. The highest BCUT2D eigenvalue weighted by Crippen LogP contribution is 2.05. The molecular weight excluding hydrogens is 176 g/mol. The van der Waals surface area contributed by atoms with E-state index in [1.54, 1.807) is 12.1 Å². The molecule has 0 saturated heterocycles. The predicted molar refractivity (Wildman–Crippen MR) is 58.3 cm³/mol. The van der Waals surface area contributed by atoms with E-state index >= 15 is 0 Å². The zero-order valence-corrected chi connectivity index (χ0v) is 7.91. The van der Waals surface area contributed by atoms with Crippen LogP contribution in [0, 0.1) is 0 Å². The molecule has 2 heteroatoms. The van der Waals surface area contributed by atoms with Crippen molar-refractivity contribution in [2.24, 2.45) is 0 Å². The first-order valence-corrected chi connectivity index (χ1v) is 4.28. The van der Waals surface area contributed by atoms with Crippen LogP contribution in [0.25, 0.3) is 0 Å². The number of ether oxygens (including phenoxy) is 1. The van der Waals surface area contributed by atoms with Gasteiger partial charge >= 0.3 is 5.97 Å². The van der Waals surface area contributed by atoms with Crippen molar-refractivity contribution in [1.29, 1.82) is 0 Å². The monoisotopic (exact) mass is 195 g/mol. The lowest BCUT2D eigenvalue weighted by Crippen LogP contribution is -2.04. The number of esters is 1. The Kier molecular flexibility index (Phi) is 4.76. The summed E-state index contributed by atoms with van der Waals surface area (Å²) in [6.45, 7) is 2.06. The zero-order valence-electron chi connectivity index (χ0n) is 8.91. The maximum absolute atomic E-state index is 11.1. The van der Waals surface area contributed by atoms with Crippen molar-refractivity contribution in [1.82, 2.24) is 0 Å². The number of rotatable bonds is 3. The van der Waals surface area contributed by atoms with E-state index in [1.807, 2.05) is 12.1 Å². The van der Waals surface area contributed by atoms with Crippen LogP contribution in [0.5, 0.6) is 0 Å². The summed E-state index contributed by atoms with van der Waals surface area (Å²) in [5.74, 6) is -0.519. The van der Waals surface area contributed by atoms with E-state index in [2.05, 4.69) is 11.7 Å². The largest absolute Gasteiger partial charge is 0.469 e. The number of aryl methyl sites for hydroxylation is 1. The molecule has 0 bridgehead atoms. The van der Waals surface area contributed by atoms with Gasteiger partial charge in [-0.25, -0.2) is 0 Å². The Labute approximate surface area is 87.3 Å². The quantitative estimate of drug-likeness (QED) is 0.693. The van der Waals surface area contributed by atoms with Crippen molar-refractivity contribution in [2.45, 2.75) is 27.2 Å². The van der Waals surface area contributed by atoms with Gasteiger partial charge in [-0.15, -0.1) is 0 Å². The molecule has 2 nitrogen and oxygen atoms in total. The minimum Gasteiger partial charge on any atom is -0.469 e. The zero-order chi connectivity index (χ0) is 10.6. The molecule has 0 saturated carbocycles. The number of carbonyl (C=O) groups excluding carboxylic acids is 1. The summed E-state index contributed by atoms with van der Waals surface area (Å²) in [5.41, 5.74) is 1.87. The van der Waals surface area contributed by atoms with Crippen LogP contribution in [-0.4, -0.2) is 13.1 Å². The van der Waals surface area contributed by atoms with E-state index in [-0.39, 0.29) is 7.43 Å². The summed E-state index contributed by atoms with van der Waals surface area (Å²) >= 11 is 0. The summed E-state index contributed by atoms with van der Waals surface area (Å²) < 4.78 is 12.1. The number of hydrogen-bond acceptors (Lipinski definition) is 2. The highest BCUT2D eigenvalue weighted by molar-refractivity contribution is 5.72. The van der Waals surface area contributed by atoms with Crippen LogP contribution in [0.4, 0.5) is 0 Å². The lowest BCUT2D eigenvalue weighted by atomic mass is 10.1. The van der Waals surface area contributed by atoms with Crippen LogP contribution in [0.2, 0.25) is 0 Å². The second-order valence-electron chi connectivity index (χ2n) is 2.76. The van der Waals surface area contributed by atoms with Crippen LogP contribution < -0.4 is 0 Å². The average molecular weight is 195 g/mol. The van der Waals surface area contributed by atoms with E-state index in [0.29, 0.717) is 5.56 Å². The Morgan fingerprint density at radius 2 is 1.86 bits per heavy atom. The number of hydrogen-bond donors (Lipinski definition) is 0. The molecule has 78 valence electrons. The summed E-state index contributed by atoms with van der Waals surface area (Å²) in [5, 5.41) is 0. The van der Waals surface area contributed by atoms with Crippen LogP contribution in [-0.2, 0) is 22.3 Å². The summed E-state index contributed by atoms with van der Waals surface area (Å²) in [4.78, 5) is 11.1. The summed E-state index contributed by atoms with van der Waals surface area (Å²) in [6, 6.07) is 7.46. The first-order valence-electron chi connectivity index (χ1n) is 4.85. The molecule has 0 spiro atoms. The van der Waals surface area contributed by atoms with Gasteiger partial charge in [0.2, 0.25) is 0 Å². The van der Waals surface area contributed by atoms with Gasteiger partial charge in [-0.05, 0) is 17.5 Å². The van der Waals surface area contributed by atoms with E-state index in [0.717, 1.165) is 6.42 Å². The minimum atomic E-state index is -0.925. The number of carbonyl (C=O) groups is 1. The Bertz CT molecular complexity index is 306. The van der Waals surface area contributed by atoms with Gasteiger partial charge in [-0.2, -0.15) is 0 Å². The predicted octanol–water partition coefficient (Wildman–Crippen LogP) is 2.60. The van der Waals surface area contributed by atoms with Gasteiger partial charge in [0.1, 0.15) is 0 Å². The smallest absolute Gasteiger partial charge is 0.309 e. The number of benzene rings is 1. The molecule has 0 aliphatic heterocycles. The molecule has 0 amide bonds.